The van der Waals surface area contributed by atoms with Gasteiger partial charge in [0, 0.05) is 28.7 Å². The summed E-state index contributed by atoms with van der Waals surface area (Å²) < 4.78 is 0. The summed E-state index contributed by atoms with van der Waals surface area (Å²) in [4.78, 5) is 3.50. The van der Waals surface area contributed by atoms with Gasteiger partial charge in [-0.1, -0.05) is 72.3 Å². The zero-order chi connectivity index (χ0) is 18.6. The van der Waals surface area contributed by atoms with Crippen LogP contribution in [-0.4, -0.2) is 4.98 Å². The molecule has 1 aromatic heterocycles. The van der Waals surface area contributed by atoms with Crippen molar-refractivity contribution in [3.63, 3.8) is 0 Å². The second-order valence-corrected chi connectivity index (χ2v) is 7.21. The van der Waals surface area contributed by atoms with Crippen molar-refractivity contribution < 1.29 is 0 Å². The Labute approximate surface area is 164 Å². The van der Waals surface area contributed by atoms with E-state index in [1.54, 1.807) is 0 Å². The first-order valence-electron chi connectivity index (χ1n) is 9.08. The number of aromatic amines is 1. The van der Waals surface area contributed by atoms with Crippen LogP contribution in [0.5, 0.6) is 0 Å². The molecule has 3 nitrogen and oxygen atoms in total. The third-order valence-electron chi connectivity index (χ3n) is 4.74. The molecule has 1 atom stereocenters. The van der Waals surface area contributed by atoms with E-state index in [2.05, 4.69) is 40.6 Å². The van der Waals surface area contributed by atoms with E-state index in [1.807, 2.05) is 48.5 Å². The third-order valence-corrected chi connectivity index (χ3v) is 4.96. The standard InChI is InChI=1S/C23H22ClN3/c24-19-12-18-13-21(20(25)11-16-7-3-1-4-8-16)27-23(18)22(14-19)26-15-17-9-5-2-6-10-17/h1-10,12-14,20,26-27H,11,15,25H2. The van der Waals surface area contributed by atoms with Gasteiger partial charge < -0.3 is 16.0 Å². The van der Waals surface area contributed by atoms with Crippen molar-refractivity contribution in [1.82, 2.24) is 4.98 Å². The molecular weight excluding hydrogens is 354 g/mol. The summed E-state index contributed by atoms with van der Waals surface area (Å²) in [6.45, 7) is 0.737. The number of fused-ring (bicyclic) bond motifs is 1. The number of hydrogen-bond acceptors (Lipinski definition) is 2. The number of rotatable bonds is 6. The van der Waals surface area contributed by atoms with Gasteiger partial charge in [0.05, 0.1) is 11.2 Å². The zero-order valence-electron chi connectivity index (χ0n) is 15.0. The maximum absolute atomic E-state index is 6.46. The van der Waals surface area contributed by atoms with Crippen molar-refractivity contribution in [2.24, 2.45) is 5.73 Å². The lowest BCUT2D eigenvalue weighted by Gasteiger charge is -2.10. The number of halogens is 1. The number of benzene rings is 3. The van der Waals surface area contributed by atoms with E-state index in [-0.39, 0.29) is 6.04 Å². The Bertz CT molecular complexity index is 1030. The molecule has 3 aromatic carbocycles. The van der Waals surface area contributed by atoms with Crippen LogP contribution in [-0.2, 0) is 13.0 Å². The fourth-order valence-electron chi connectivity index (χ4n) is 3.34. The van der Waals surface area contributed by atoms with Gasteiger partial charge in [0.2, 0.25) is 0 Å². The minimum atomic E-state index is -0.0967. The Morgan fingerprint density at radius 1 is 0.889 bits per heavy atom. The molecule has 4 N–H and O–H groups in total. The Morgan fingerprint density at radius 2 is 1.56 bits per heavy atom. The summed E-state index contributed by atoms with van der Waals surface area (Å²) in [7, 11) is 0. The average Bonchev–Trinajstić information content (AvgIpc) is 3.12. The predicted octanol–water partition coefficient (Wildman–Crippen LogP) is 5.68. The topological polar surface area (TPSA) is 53.8 Å². The molecule has 1 unspecified atom stereocenters. The fourth-order valence-corrected chi connectivity index (χ4v) is 3.57. The van der Waals surface area contributed by atoms with Gasteiger partial charge in [-0.05, 0) is 35.7 Å². The predicted molar refractivity (Wildman–Crippen MR) is 114 cm³/mol. The minimum absolute atomic E-state index is 0.0967. The molecule has 0 radical (unpaired) electrons. The summed E-state index contributed by atoms with van der Waals surface area (Å²) in [6, 6.07) is 26.5. The minimum Gasteiger partial charge on any atom is -0.379 e. The molecule has 0 aliphatic heterocycles. The first kappa shape index (κ1) is 17.7. The number of H-pyrrole nitrogens is 1. The molecule has 4 aromatic rings. The molecular formula is C23H22ClN3. The molecule has 1 heterocycles. The van der Waals surface area contributed by atoms with E-state index in [1.165, 1.54) is 11.1 Å². The van der Waals surface area contributed by atoms with E-state index in [9.17, 15) is 0 Å². The van der Waals surface area contributed by atoms with Gasteiger partial charge in [0.1, 0.15) is 0 Å². The Morgan fingerprint density at radius 3 is 2.26 bits per heavy atom. The van der Waals surface area contributed by atoms with Crippen LogP contribution in [0.3, 0.4) is 0 Å². The highest BCUT2D eigenvalue weighted by Gasteiger charge is 2.13. The maximum Gasteiger partial charge on any atom is 0.0693 e. The lowest BCUT2D eigenvalue weighted by molar-refractivity contribution is 0.704. The molecule has 0 saturated heterocycles. The van der Waals surface area contributed by atoms with Crippen molar-refractivity contribution in [3.8, 4) is 0 Å². The lowest BCUT2D eigenvalue weighted by Crippen LogP contribution is -2.13. The highest BCUT2D eigenvalue weighted by Crippen LogP contribution is 2.30. The van der Waals surface area contributed by atoms with Crippen molar-refractivity contribution in [2.45, 2.75) is 19.0 Å². The molecule has 4 heteroatoms. The summed E-state index contributed by atoms with van der Waals surface area (Å²) in [5.74, 6) is 0. The largest absolute Gasteiger partial charge is 0.379 e. The van der Waals surface area contributed by atoms with Crippen LogP contribution < -0.4 is 11.1 Å². The van der Waals surface area contributed by atoms with E-state index < -0.39 is 0 Å². The van der Waals surface area contributed by atoms with Crippen LogP contribution in [0.1, 0.15) is 22.9 Å². The number of anilines is 1. The van der Waals surface area contributed by atoms with E-state index in [4.69, 9.17) is 17.3 Å². The summed E-state index contributed by atoms with van der Waals surface area (Å²) in [5, 5.41) is 5.27. The quantitative estimate of drug-likeness (QED) is 0.406. The first-order valence-corrected chi connectivity index (χ1v) is 9.46. The van der Waals surface area contributed by atoms with Gasteiger partial charge in [-0.25, -0.2) is 0 Å². The highest BCUT2D eigenvalue weighted by molar-refractivity contribution is 6.31. The number of nitrogens with two attached hydrogens (primary N) is 1. The van der Waals surface area contributed by atoms with E-state index in [0.717, 1.165) is 35.2 Å². The van der Waals surface area contributed by atoms with Crippen LogP contribution in [0, 0.1) is 0 Å². The molecule has 0 amide bonds. The van der Waals surface area contributed by atoms with Gasteiger partial charge in [-0.15, -0.1) is 0 Å². The molecule has 0 fully saturated rings. The van der Waals surface area contributed by atoms with Crippen LogP contribution in [0.15, 0.2) is 78.9 Å². The average molecular weight is 376 g/mol. The first-order chi connectivity index (χ1) is 13.2. The van der Waals surface area contributed by atoms with Crippen molar-refractivity contribution in [2.75, 3.05) is 5.32 Å². The Balaban J connectivity index is 1.59. The second kappa shape index (κ2) is 7.87. The van der Waals surface area contributed by atoms with Gasteiger partial charge >= 0.3 is 0 Å². The monoisotopic (exact) mass is 375 g/mol. The Hall–Kier alpha value is -2.75. The van der Waals surface area contributed by atoms with Gasteiger partial charge in [-0.2, -0.15) is 0 Å². The van der Waals surface area contributed by atoms with Crippen molar-refractivity contribution in [1.29, 1.82) is 0 Å². The maximum atomic E-state index is 6.46. The molecule has 0 aliphatic carbocycles. The molecule has 0 saturated carbocycles. The van der Waals surface area contributed by atoms with Crippen LogP contribution >= 0.6 is 11.6 Å². The number of hydrogen-bond donors (Lipinski definition) is 3. The SMILES string of the molecule is NC(Cc1ccccc1)c1cc2cc(Cl)cc(NCc3ccccc3)c2[nH]1. The number of aromatic nitrogens is 1. The Kier molecular flexibility index (Phi) is 5.14. The summed E-state index contributed by atoms with van der Waals surface area (Å²) >= 11 is 6.34. The highest BCUT2D eigenvalue weighted by atomic mass is 35.5. The van der Waals surface area contributed by atoms with Gasteiger partial charge in [-0.3, -0.25) is 0 Å². The normalized spacial score (nSPS) is 12.2. The van der Waals surface area contributed by atoms with Gasteiger partial charge in [0.25, 0.3) is 0 Å². The lowest BCUT2D eigenvalue weighted by atomic mass is 10.0. The fraction of sp³-hybridized carbons (Fsp3) is 0.130. The summed E-state index contributed by atoms with van der Waals surface area (Å²) in [6.07, 6.45) is 0.786. The van der Waals surface area contributed by atoms with Crippen LogP contribution in [0.25, 0.3) is 10.9 Å². The van der Waals surface area contributed by atoms with E-state index >= 15 is 0 Å². The van der Waals surface area contributed by atoms with E-state index in [0.29, 0.717) is 5.02 Å². The van der Waals surface area contributed by atoms with Gasteiger partial charge in [0.15, 0.2) is 0 Å². The summed E-state index contributed by atoms with van der Waals surface area (Å²) in [5.41, 5.74) is 11.9. The smallest absolute Gasteiger partial charge is 0.0693 e. The molecule has 4 rings (SSSR count). The van der Waals surface area contributed by atoms with Crippen molar-refractivity contribution in [3.05, 3.63) is 101 Å². The molecule has 0 spiro atoms. The van der Waals surface area contributed by atoms with Crippen LogP contribution in [0.4, 0.5) is 5.69 Å². The van der Waals surface area contributed by atoms with Crippen molar-refractivity contribution >= 4 is 28.2 Å². The molecule has 0 aliphatic rings. The molecule has 0 bridgehead atoms. The number of nitrogens with one attached hydrogen (secondary N) is 2. The second-order valence-electron chi connectivity index (χ2n) is 6.78. The molecule has 27 heavy (non-hydrogen) atoms. The third kappa shape index (κ3) is 4.16. The van der Waals surface area contributed by atoms with Crippen LogP contribution in [0.2, 0.25) is 5.02 Å². The zero-order valence-corrected chi connectivity index (χ0v) is 15.7. The molecule has 136 valence electrons.